The minimum atomic E-state index is -1.07. The van der Waals surface area contributed by atoms with Crippen molar-refractivity contribution in [3.05, 3.63) is 35.9 Å². The van der Waals surface area contributed by atoms with Crippen molar-refractivity contribution in [1.82, 2.24) is 10.2 Å². The van der Waals surface area contributed by atoms with Gasteiger partial charge in [0.25, 0.3) is 12.4 Å². The molecule has 0 aromatic heterocycles. The van der Waals surface area contributed by atoms with E-state index in [0.717, 1.165) is 4.90 Å². The third-order valence-electron chi connectivity index (χ3n) is 6.09. The predicted octanol–water partition coefficient (Wildman–Crippen LogP) is 2.28. The van der Waals surface area contributed by atoms with Crippen molar-refractivity contribution in [2.45, 2.75) is 77.3 Å². The molecule has 13 nitrogen and oxygen atoms in total. The molecule has 0 radical (unpaired) electrons. The number of nitrogens with one attached hydrogen (secondary N) is 2. The number of benzene rings is 1. The number of ether oxygens (including phenoxy) is 3. The first-order chi connectivity index (χ1) is 19.8. The van der Waals surface area contributed by atoms with E-state index in [2.05, 4.69) is 10.6 Å². The molecule has 13 heteroatoms. The zero-order valence-corrected chi connectivity index (χ0v) is 23.0. The first-order valence-corrected chi connectivity index (χ1v) is 13.5. The minimum Gasteiger partial charge on any atom is -0.479 e. The Hall–Kier alpha value is -4.26. The molecule has 2 rings (SSSR count). The van der Waals surface area contributed by atoms with Gasteiger partial charge in [0, 0.05) is 32.4 Å². The summed E-state index contributed by atoms with van der Waals surface area (Å²) in [5.74, 6) is -1.83. The first-order valence-electron chi connectivity index (χ1n) is 13.5. The lowest BCUT2D eigenvalue weighted by atomic mass is 10.1. The number of nitrogens with zero attached hydrogens (tertiary/aromatic N) is 1. The second-order valence-electron chi connectivity index (χ2n) is 9.27. The highest BCUT2D eigenvalue weighted by Crippen LogP contribution is 2.30. The van der Waals surface area contributed by atoms with E-state index < -0.39 is 24.3 Å². The van der Waals surface area contributed by atoms with Crippen molar-refractivity contribution in [3.63, 3.8) is 0 Å². The Bertz CT molecular complexity index is 1090. The fourth-order valence-electron chi connectivity index (χ4n) is 4.01. The zero-order valence-electron chi connectivity index (χ0n) is 23.0. The van der Waals surface area contributed by atoms with E-state index in [1.807, 2.05) is 0 Å². The monoisotopic (exact) mass is 575 g/mol. The number of carbonyl (C=O) groups excluding carboxylic acids is 5. The molecule has 2 unspecified atom stereocenters. The lowest BCUT2D eigenvalue weighted by Gasteiger charge is -2.28. The Morgan fingerprint density at radius 2 is 1.90 bits per heavy atom. The molecule has 1 aromatic rings. The maximum absolute atomic E-state index is 12.6. The number of amides is 4. The summed E-state index contributed by atoms with van der Waals surface area (Å²) in [5.41, 5.74) is 0.870. The molecule has 0 spiro atoms. The molecule has 0 aliphatic carbocycles. The van der Waals surface area contributed by atoms with Gasteiger partial charge in [-0.3, -0.25) is 28.9 Å². The van der Waals surface area contributed by atoms with Crippen LogP contribution in [0.1, 0.15) is 63.9 Å². The van der Waals surface area contributed by atoms with Gasteiger partial charge in [-0.05, 0) is 56.4 Å². The van der Waals surface area contributed by atoms with E-state index in [9.17, 15) is 33.9 Å². The molecule has 1 heterocycles. The van der Waals surface area contributed by atoms with Crippen molar-refractivity contribution in [2.24, 2.45) is 0 Å². The van der Waals surface area contributed by atoms with Crippen LogP contribution in [0, 0.1) is 0 Å². The topological polar surface area (TPSA) is 178 Å². The van der Waals surface area contributed by atoms with E-state index in [1.54, 1.807) is 31.2 Å². The summed E-state index contributed by atoms with van der Waals surface area (Å²) in [5, 5.41) is 14.6. The summed E-state index contributed by atoms with van der Waals surface area (Å²) in [6.07, 6.45) is 5.01. The van der Waals surface area contributed by atoms with E-state index >= 15 is 0 Å². The summed E-state index contributed by atoms with van der Waals surface area (Å²) in [4.78, 5) is 70.4. The number of carboxylic acids is 1. The van der Waals surface area contributed by atoms with Gasteiger partial charge in [0.15, 0.2) is 6.10 Å². The minimum absolute atomic E-state index is 0.0248. The van der Waals surface area contributed by atoms with Gasteiger partial charge >= 0.3 is 5.97 Å². The highest BCUT2D eigenvalue weighted by Gasteiger charge is 2.29. The van der Waals surface area contributed by atoms with Crippen LogP contribution < -0.4 is 15.4 Å². The molecule has 1 aliphatic rings. The van der Waals surface area contributed by atoms with Gasteiger partial charge in [0.1, 0.15) is 12.4 Å². The number of aliphatic carboxylic acids is 1. The Morgan fingerprint density at radius 1 is 1.10 bits per heavy atom. The average molecular weight is 576 g/mol. The number of carboxylic acid groups (broad SMARTS) is 1. The van der Waals surface area contributed by atoms with E-state index in [4.69, 9.17) is 14.2 Å². The van der Waals surface area contributed by atoms with Crippen molar-refractivity contribution in [2.75, 3.05) is 18.4 Å². The van der Waals surface area contributed by atoms with Crippen LogP contribution in [0.4, 0.5) is 5.69 Å². The van der Waals surface area contributed by atoms with E-state index in [1.165, 1.54) is 6.08 Å². The summed E-state index contributed by atoms with van der Waals surface area (Å²) < 4.78 is 16.1. The second-order valence-corrected chi connectivity index (χ2v) is 9.27. The molecule has 4 amide bonds. The number of hydrogen-bond donors (Lipinski definition) is 3. The Kier molecular flexibility index (Phi) is 14.6. The number of unbranched alkanes of at least 4 members (excludes halogenated alkanes) is 2. The fourth-order valence-corrected chi connectivity index (χ4v) is 4.01. The number of rotatable bonds is 18. The first kappa shape index (κ1) is 32.9. The van der Waals surface area contributed by atoms with Gasteiger partial charge in [-0.25, -0.2) is 4.79 Å². The molecule has 0 bridgehead atoms. The molecule has 1 aromatic carbocycles. The van der Waals surface area contributed by atoms with E-state index in [0.29, 0.717) is 57.0 Å². The lowest BCUT2D eigenvalue weighted by Crippen LogP contribution is -2.36. The highest BCUT2D eigenvalue weighted by atomic mass is 16.7. The molecule has 41 heavy (non-hydrogen) atoms. The SMILES string of the molecule is C/C=C\C(=O)N(C=O)CCCCCC(=O)NCCC(=O)Nc1cc(COC=O)ccc1OC1CCCC(C(=O)O)O1. The standard InChI is InChI=1S/C28H37N3O10/c1-2-7-26(36)31(18-32)15-5-3-4-9-24(34)29-14-13-25(35)30-21-16-20(17-39-19-33)11-12-22(21)40-27-10-6-8-23(41-27)28(37)38/h2,7,11-12,16,18-19,23,27H,3-6,8-10,13-15,17H2,1H3,(H,29,34)(H,30,35)(H,37,38)/b7-2-. The van der Waals surface area contributed by atoms with Crippen LogP contribution in [0.5, 0.6) is 5.75 Å². The quantitative estimate of drug-likeness (QED) is 0.134. The van der Waals surface area contributed by atoms with Crippen molar-refractivity contribution in [3.8, 4) is 5.75 Å². The maximum Gasteiger partial charge on any atom is 0.332 e. The molecule has 1 fully saturated rings. The van der Waals surface area contributed by atoms with Gasteiger partial charge in [0.05, 0.1) is 5.69 Å². The molecule has 1 aliphatic heterocycles. The van der Waals surface area contributed by atoms with Gasteiger partial charge in [0.2, 0.25) is 24.5 Å². The summed E-state index contributed by atoms with van der Waals surface area (Å²) in [6, 6.07) is 4.78. The summed E-state index contributed by atoms with van der Waals surface area (Å²) in [7, 11) is 0. The molecule has 1 saturated heterocycles. The van der Waals surface area contributed by atoms with Gasteiger partial charge < -0.3 is 30.0 Å². The van der Waals surface area contributed by atoms with E-state index in [-0.39, 0.29) is 55.8 Å². The van der Waals surface area contributed by atoms with Crippen molar-refractivity contribution >= 4 is 42.3 Å². The Labute approximate surface area is 238 Å². The zero-order chi connectivity index (χ0) is 30.0. The van der Waals surface area contributed by atoms with Crippen LogP contribution in [0.25, 0.3) is 0 Å². The number of allylic oxidation sites excluding steroid dienone is 1. The number of carbonyl (C=O) groups is 6. The molecule has 224 valence electrons. The third kappa shape index (κ3) is 12.2. The van der Waals surface area contributed by atoms with Crippen molar-refractivity contribution < 1.29 is 48.1 Å². The Balaban J connectivity index is 1.81. The van der Waals surface area contributed by atoms with Gasteiger partial charge in [-0.15, -0.1) is 0 Å². The number of hydrogen-bond acceptors (Lipinski definition) is 9. The predicted molar refractivity (Wildman–Crippen MR) is 145 cm³/mol. The van der Waals surface area contributed by atoms with Gasteiger partial charge in [-0.1, -0.05) is 18.6 Å². The lowest BCUT2D eigenvalue weighted by molar-refractivity contribution is -0.180. The molecular formula is C28H37N3O10. The van der Waals surface area contributed by atoms with Crippen LogP contribution in [0.3, 0.4) is 0 Å². The smallest absolute Gasteiger partial charge is 0.332 e. The summed E-state index contributed by atoms with van der Waals surface area (Å²) >= 11 is 0. The maximum atomic E-state index is 12.6. The largest absolute Gasteiger partial charge is 0.479 e. The van der Waals surface area contributed by atoms with Gasteiger partial charge in [-0.2, -0.15) is 0 Å². The highest BCUT2D eigenvalue weighted by molar-refractivity contribution is 5.94. The normalized spacial score (nSPS) is 16.4. The number of imide groups is 1. The fraction of sp³-hybridized carbons (Fsp3) is 0.500. The Morgan fingerprint density at radius 3 is 2.61 bits per heavy atom. The molecular weight excluding hydrogens is 538 g/mol. The van der Waals surface area contributed by atoms with Crippen LogP contribution in [0.15, 0.2) is 30.4 Å². The molecule has 2 atom stereocenters. The molecule has 3 N–H and O–H groups in total. The third-order valence-corrected chi connectivity index (χ3v) is 6.09. The van der Waals surface area contributed by atoms with Crippen LogP contribution in [-0.2, 0) is 44.8 Å². The number of anilines is 1. The second kappa shape index (κ2) is 18.2. The molecule has 0 saturated carbocycles. The van der Waals surface area contributed by atoms with Crippen LogP contribution in [-0.4, -0.2) is 72.1 Å². The van der Waals surface area contributed by atoms with Crippen molar-refractivity contribution in [1.29, 1.82) is 0 Å². The van der Waals surface area contributed by atoms with Crippen LogP contribution in [0.2, 0.25) is 0 Å². The average Bonchev–Trinajstić information content (AvgIpc) is 2.95. The summed E-state index contributed by atoms with van der Waals surface area (Å²) in [6.45, 7) is 2.34. The van der Waals surface area contributed by atoms with Crippen LogP contribution >= 0.6 is 0 Å².